The molecule has 0 bridgehead atoms. The van der Waals surface area contributed by atoms with E-state index in [1.807, 2.05) is 0 Å². The lowest BCUT2D eigenvalue weighted by molar-refractivity contribution is -0.211. The quantitative estimate of drug-likeness (QED) is 0.504. The van der Waals surface area contributed by atoms with Crippen molar-refractivity contribution >= 4 is 28.9 Å². The maximum absolute atomic E-state index is 14.1. The third-order valence-corrected chi connectivity index (χ3v) is 9.51. The molecule has 0 atom stereocenters. The molecule has 0 saturated heterocycles. The summed E-state index contributed by atoms with van der Waals surface area (Å²) in [7, 11) is 1.21. The second-order valence-electron chi connectivity index (χ2n) is 10.4. The molecule has 4 rings (SSSR count). The molecule has 0 radical (unpaired) electrons. The Kier molecular flexibility index (Phi) is 7.34. The van der Waals surface area contributed by atoms with Crippen molar-refractivity contribution in [1.29, 1.82) is 0 Å². The summed E-state index contributed by atoms with van der Waals surface area (Å²) in [5.41, 5.74) is -1.71. The van der Waals surface area contributed by atoms with Crippen molar-refractivity contribution in [2.45, 2.75) is 101 Å². The number of aliphatic hydroxyl groups is 1. The third kappa shape index (κ3) is 4.62. The van der Waals surface area contributed by atoms with Gasteiger partial charge < -0.3 is 14.7 Å². The number of aliphatic hydroxyl groups excluding tert-OH is 1. The highest BCUT2D eigenvalue weighted by molar-refractivity contribution is 7.14. The number of halogens is 3. The Morgan fingerprint density at radius 2 is 1.71 bits per heavy atom. The van der Waals surface area contributed by atoms with Gasteiger partial charge in [0.1, 0.15) is 10.3 Å². The molecule has 9 heteroatoms. The topological polar surface area (TPSA) is 66.8 Å². The van der Waals surface area contributed by atoms with Gasteiger partial charge in [0.15, 0.2) is 0 Å². The minimum absolute atomic E-state index is 0.0128. The Labute approximate surface area is 202 Å². The van der Waals surface area contributed by atoms with E-state index in [0.29, 0.717) is 38.0 Å². The number of carbonyl (C=O) groups is 2. The summed E-state index contributed by atoms with van der Waals surface area (Å²) in [6, 6.07) is 1.18. The van der Waals surface area contributed by atoms with Gasteiger partial charge in [-0.25, -0.2) is 4.79 Å². The fourth-order valence-electron chi connectivity index (χ4n) is 5.75. The minimum atomic E-state index is -4.43. The van der Waals surface area contributed by atoms with Crippen LogP contribution in [0.4, 0.5) is 18.9 Å². The molecule has 5 nitrogen and oxygen atoms in total. The van der Waals surface area contributed by atoms with Crippen LogP contribution in [-0.4, -0.2) is 42.4 Å². The van der Waals surface area contributed by atoms with Crippen LogP contribution in [0, 0.1) is 11.8 Å². The SMILES string of the molecule is COC(=O)c1sc(C2(C(F)(F)F)CCC2)cc1N(C(=O)C1CCC(C)CC1)C1CCC(O)CC1. The number of hydrogen-bond donors (Lipinski definition) is 1. The first-order valence-electron chi connectivity index (χ1n) is 12.4. The number of thiophene rings is 1. The highest BCUT2D eigenvalue weighted by Crippen LogP contribution is 2.57. The molecule has 1 heterocycles. The number of methoxy groups -OCH3 is 1. The molecule has 1 aromatic rings. The average molecular weight is 502 g/mol. The second-order valence-corrected chi connectivity index (χ2v) is 11.4. The summed E-state index contributed by atoms with van der Waals surface area (Å²) in [6.07, 6.45) is 1.07. The number of alkyl halides is 3. The molecule has 1 N–H and O–H groups in total. The molecule has 0 spiro atoms. The lowest BCUT2D eigenvalue weighted by Gasteiger charge is -2.42. The molecule has 3 aliphatic carbocycles. The van der Waals surface area contributed by atoms with E-state index in [1.165, 1.54) is 13.2 Å². The largest absolute Gasteiger partial charge is 0.465 e. The first-order chi connectivity index (χ1) is 16.1. The number of anilines is 1. The maximum Gasteiger partial charge on any atom is 0.399 e. The zero-order valence-corrected chi connectivity index (χ0v) is 20.6. The van der Waals surface area contributed by atoms with Crippen molar-refractivity contribution in [2.24, 2.45) is 11.8 Å². The number of esters is 1. The van der Waals surface area contributed by atoms with Gasteiger partial charge in [-0.15, -0.1) is 11.3 Å². The molecule has 1 amide bonds. The van der Waals surface area contributed by atoms with E-state index in [2.05, 4.69) is 6.92 Å². The van der Waals surface area contributed by atoms with E-state index >= 15 is 0 Å². The Morgan fingerprint density at radius 3 is 2.21 bits per heavy atom. The lowest BCUT2D eigenvalue weighted by atomic mass is 9.67. The number of amides is 1. The van der Waals surface area contributed by atoms with Crippen LogP contribution in [0.5, 0.6) is 0 Å². The predicted octanol–water partition coefficient (Wildman–Crippen LogP) is 5.98. The van der Waals surface area contributed by atoms with Gasteiger partial charge in [-0.1, -0.05) is 13.3 Å². The first kappa shape index (κ1) is 25.5. The number of nitrogens with zero attached hydrogens (tertiary/aromatic N) is 1. The highest BCUT2D eigenvalue weighted by Gasteiger charge is 2.60. The second kappa shape index (κ2) is 9.80. The molecule has 3 saturated carbocycles. The Bertz CT molecular complexity index is 894. The average Bonchev–Trinajstić information content (AvgIpc) is 3.18. The van der Waals surface area contributed by atoms with Gasteiger partial charge in [0.2, 0.25) is 5.91 Å². The van der Waals surface area contributed by atoms with Crippen molar-refractivity contribution in [3.05, 3.63) is 15.8 Å². The predicted molar refractivity (Wildman–Crippen MR) is 124 cm³/mol. The van der Waals surface area contributed by atoms with Crippen LogP contribution in [0.15, 0.2) is 6.07 Å². The lowest BCUT2D eigenvalue weighted by Crippen LogP contribution is -2.48. The van der Waals surface area contributed by atoms with E-state index < -0.39 is 23.7 Å². The number of rotatable bonds is 5. The van der Waals surface area contributed by atoms with Crippen LogP contribution < -0.4 is 4.90 Å². The molecule has 0 aliphatic heterocycles. The van der Waals surface area contributed by atoms with Crippen molar-refractivity contribution in [3.8, 4) is 0 Å². The molecule has 0 aromatic carbocycles. The van der Waals surface area contributed by atoms with E-state index in [9.17, 15) is 27.9 Å². The van der Waals surface area contributed by atoms with Gasteiger partial charge in [0, 0.05) is 16.8 Å². The van der Waals surface area contributed by atoms with Crippen LogP contribution in [0.2, 0.25) is 0 Å². The zero-order valence-electron chi connectivity index (χ0n) is 19.8. The van der Waals surface area contributed by atoms with E-state index in [4.69, 9.17) is 4.74 Å². The molecule has 0 unspecified atom stereocenters. The van der Waals surface area contributed by atoms with Gasteiger partial charge in [-0.2, -0.15) is 13.2 Å². The number of ether oxygens (including phenoxy) is 1. The maximum atomic E-state index is 14.1. The highest BCUT2D eigenvalue weighted by atomic mass is 32.1. The molecule has 34 heavy (non-hydrogen) atoms. The smallest absolute Gasteiger partial charge is 0.399 e. The first-order valence-corrected chi connectivity index (χ1v) is 13.2. The van der Waals surface area contributed by atoms with Crippen molar-refractivity contribution in [3.63, 3.8) is 0 Å². The monoisotopic (exact) mass is 501 g/mol. The summed E-state index contributed by atoms with van der Waals surface area (Å²) in [5.74, 6) is -0.491. The summed E-state index contributed by atoms with van der Waals surface area (Å²) < 4.78 is 47.3. The summed E-state index contributed by atoms with van der Waals surface area (Å²) in [4.78, 5) is 28.4. The summed E-state index contributed by atoms with van der Waals surface area (Å²) in [6.45, 7) is 2.16. The van der Waals surface area contributed by atoms with Crippen molar-refractivity contribution < 1.29 is 32.6 Å². The number of carbonyl (C=O) groups excluding carboxylic acids is 2. The van der Waals surface area contributed by atoms with E-state index in [1.54, 1.807) is 4.90 Å². The third-order valence-electron chi connectivity index (χ3n) is 8.20. The van der Waals surface area contributed by atoms with Gasteiger partial charge in [0.05, 0.1) is 18.9 Å². The molecular weight excluding hydrogens is 467 g/mol. The normalized spacial score (nSPS) is 29.2. The Hall–Kier alpha value is -1.61. The van der Waals surface area contributed by atoms with Crippen molar-refractivity contribution in [2.75, 3.05) is 12.0 Å². The summed E-state index contributed by atoms with van der Waals surface area (Å²) >= 11 is 0.821. The van der Waals surface area contributed by atoms with Crippen LogP contribution >= 0.6 is 11.3 Å². The molecule has 1 aromatic heterocycles. The Balaban J connectivity index is 1.77. The van der Waals surface area contributed by atoms with Gasteiger partial charge in [-0.05, 0) is 76.2 Å². The van der Waals surface area contributed by atoms with Crippen LogP contribution in [0.1, 0.15) is 92.1 Å². The van der Waals surface area contributed by atoms with E-state index in [-0.39, 0.29) is 46.2 Å². The Morgan fingerprint density at radius 1 is 1.09 bits per heavy atom. The van der Waals surface area contributed by atoms with Crippen LogP contribution in [0.3, 0.4) is 0 Å². The zero-order chi connectivity index (χ0) is 24.7. The molecular formula is C25H34F3NO4S. The van der Waals surface area contributed by atoms with Gasteiger partial charge in [0.25, 0.3) is 0 Å². The van der Waals surface area contributed by atoms with E-state index in [0.717, 1.165) is 37.0 Å². The molecule has 3 aliphatic rings. The molecule has 3 fully saturated rings. The number of hydrogen-bond acceptors (Lipinski definition) is 5. The van der Waals surface area contributed by atoms with Gasteiger partial charge in [-0.3, -0.25) is 4.79 Å². The van der Waals surface area contributed by atoms with Gasteiger partial charge >= 0.3 is 12.1 Å². The minimum Gasteiger partial charge on any atom is -0.465 e. The van der Waals surface area contributed by atoms with Crippen LogP contribution in [0.25, 0.3) is 0 Å². The fourth-order valence-corrected chi connectivity index (χ4v) is 7.08. The van der Waals surface area contributed by atoms with Crippen molar-refractivity contribution in [1.82, 2.24) is 0 Å². The standard InChI is InChI=1S/C25H34F3NO4S/c1-15-4-6-16(7-5-15)22(31)29(17-8-10-18(30)11-9-17)19-14-20(34-21(19)23(32)33-2)24(12-3-13-24)25(26,27)28/h14-18,30H,3-13H2,1-2H3. The fraction of sp³-hybridized carbons (Fsp3) is 0.760. The van der Waals surface area contributed by atoms with Crippen LogP contribution in [-0.2, 0) is 14.9 Å². The summed E-state index contributed by atoms with van der Waals surface area (Å²) in [5, 5.41) is 10.0. The molecule has 190 valence electrons.